The van der Waals surface area contributed by atoms with Gasteiger partial charge in [-0.3, -0.25) is 4.79 Å². The van der Waals surface area contributed by atoms with Gasteiger partial charge in [0, 0.05) is 11.8 Å². The minimum absolute atomic E-state index is 0.0562. The van der Waals surface area contributed by atoms with E-state index in [4.69, 9.17) is 4.74 Å². The molecule has 0 aliphatic carbocycles. The van der Waals surface area contributed by atoms with Crippen LogP contribution in [0.1, 0.15) is 151 Å². The van der Waals surface area contributed by atoms with E-state index in [1.807, 2.05) is 6.08 Å². The lowest BCUT2D eigenvalue weighted by atomic mass is 10.1. The van der Waals surface area contributed by atoms with Crippen molar-refractivity contribution in [1.29, 1.82) is 0 Å². The molecule has 2 nitrogen and oxygen atoms in total. The van der Waals surface area contributed by atoms with Crippen LogP contribution in [0.4, 0.5) is 0 Å². The van der Waals surface area contributed by atoms with Gasteiger partial charge in [-0.2, -0.15) is 0 Å². The number of unbranched alkanes of at least 4 members (excludes halogenated alkanes) is 9. The summed E-state index contributed by atoms with van der Waals surface area (Å²) in [7, 11) is 0. The summed E-state index contributed by atoms with van der Waals surface area (Å²) in [4.78, 5) is 11.8. The monoisotopic (exact) mass is 606 g/mol. The molecule has 0 radical (unpaired) electrons. The van der Waals surface area contributed by atoms with Crippen LogP contribution in [-0.4, -0.2) is 17.9 Å². The van der Waals surface area contributed by atoms with Crippen LogP contribution in [0.15, 0.2) is 58.7 Å². The highest BCUT2D eigenvalue weighted by atomic mass is 79.9. The molecule has 0 N–H and O–H groups in total. The SMILES string of the molecule is CC(C)=CCC/C(C)=C/CBr.CCCCCC/C=C\CCCCCCCC(=O)OC/C=C(\C)CCC=C(C)C. The third-order valence-corrected chi connectivity index (χ3v) is 6.75. The second-order valence-electron chi connectivity index (χ2n) is 11.2. The first-order chi connectivity index (χ1) is 18.7. The molecule has 0 aliphatic rings. The average Bonchev–Trinajstić information content (AvgIpc) is 2.87. The zero-order valence-corrected chi connectivity index (χ0v) is 28.5. The summed E-state index contributed by atoms with van der Waals surface area (Å²) >= 11 is 3.38. The maximum absolute atomic E-state index is 11.8. The first kappa shape index (κ1) is 39.8. The van der Waals surface area contributed by atoms with Crippen molar-refractivity contribution in [2.75, 3.05) is 11.9 Å². The van der Waals surface area contributed by atoms with E-state index >= 15 is 0 Å². The van der Waals surface area contributed by atoms with Gasteiger partial charge in [-0.1, -0.05) is 114 Å². The summed E-state index contributed by atoms with van der Waals surface area (Å²) < 4.78 is 5.31. The summed E-state index contributed by atoms with van der Waals surface area (Å²) in [6.45, 7) is 15.5. The van der Waals surface area contributed by atoms with Gasteiger partial charge < -0.3 is 4.74 Å². The maximum atomic E-state index is 11.8. The molecule has 0 aliphatic heterocycles. The molecule has 226 valence electrons. The third-order valence-electron chi connectivity index (χ3n) is 6.43. The van der Waals surface area contributed by atoms with E-state index in [0.717, 1.165) is 31.0 Å². The van der Waals surface area contributed by atoms with E-state index in [9.17, 15) is 4.79 Å². The number of hydrogen-bond donors (Lipinski definition) is 0. The van der Waals surface area contributed by atoms with Crippen LogP contribution in [0, 0.1) is 0 Å². The molecule has 0 rings (SSSR count). The number of esters is 1. The largest absolute Gasteiger partial charge is 0.461 e. The Morgan fingerprint density at radius 1 is 0.590 bits per heavy atom. The standard InChI is InChI=1S/C26H46O2.C10H17Br/c1-5-6-7-8-9-10-11-12-13-14-15-16-17-21-26(27)28-23-22-25(4)20-18-19-24(2)3;1-9(2)5-4-6-10(3)7-8-11/h10-11,19,22H,5-9,12-18,20-21,23H2,1-4H3;5,7H,4,6,8H2,1-3H3/b11-10-,25-22+;10-7+. The van der Waals surface area contributed by atoms with Crippen LogP contribution in [0.3, 0.4) is 0 Å². The summed E-state index contributed by atoms with van der Waals surface area (Å²) in [6.07, 6.45) is 32.2. The van der Waals surface area contributed by atoms with Gasteiger partial charge in [-0.15, -0.1) is 0 Å². The summed E-state index contributed by atoms with van der Waals surface area (Å²) in [5, 5.41) is 0.980. The van der Waals surface area contributed by atoms with Gasteiger partial charge in [0.25, 0.3) is 0 Å². The predicted molar refractivity (Wildman–Crippen MR) is 180 cm³/mol. The number of hydrogen-bond acceptors (Lipinski definition) is 2. The Labute approximate surface area is 252 Å². The van der Waals surface area contributed by atoms with Gasteiger partial charge in [0.2, 0.25) is 0 Å². The van der Waals surface area contributed by atoms with Crippen LogP contribution in [0.2, 0.25) is 0 Å². The predicted octanol–water partition coefficient (Wildman–Crippen LogP) is 12.6. The van der Waals surface area contributed by atoms with Crippen molar-refractivity contribution in [2.24, 2.45) is 0 Å². The van der Waals surface area contributed by atoms with Crippen molar-refractivity contribution in [2.45, 2.75) is 151 Å². The van der Waals surface area contributed by atoms with Gasteiger partial charge in [-0.25, -0.2) is 0 Å². The van der Waals surface area contributed by atoms with Gasteiger partial charge >= 0.3 is 5.97 Å². The minimum Gasteiger partial charge on any atom is -0.461 e. The number of alkyl halides is 1. The highest BCUT2D eigenvalue weighted by Gasteiger charge is 2.01. The second-order valence-corrected chi connectivity index (χ2v) is 11.9. The van der Waals surface area contributed by atoms with Crippen molar-refractivity contribution in [3.63, 3.8) is 0 Å². The lowest BCUT2D eigenvalue weighted by Gasteiger charge is -2.04. The molecule has 0 aromatic rings. The molecule has 0 saturated heterocycles. The lowest BCUT2D eigenvalue weighted by Crippen LogP contribution is -2.04. The summed E-state index contributed by atoms with van der Waals surface area (Å²) in [6, 6.07) is 0. The van der Waals surface area contributed by atoms with E-state index in [2.05, 4.69) is 94.8 Å². The van der Waals surface area contributed by atoms with Crippen molar-refractivity contribution < 1.29 is 9.53 Å². The van der Waals surface area contributed by atoms with Gasteiger partial charge in [0.1, 0.15) is 6.61 Å². The van der Waals surface area contributed by atoms with Crippen LogP contribution in [-0.2, 0) is 9.53 Å². The van der Waals surface area contributed by atoms with E-state index < -0.39 is 0 Å². The van der Waals surface area contributed by atoms with Crippen molar-refractivity contribution in [3.05, 3.63) is 58.7 Å². The van der Waals surface area contributed by atoms with E-state index in [-0.39, 0.29) is 5.97 Å². The van der Waals surface area contributed by atoms with E-state index in [1.54, 1.807) is 0 Å². The number of rotatable bonds is 22. The molecular formula is C36H63BrO2. The Morgan fingerprint density at radius 3 is 1.59 bits per heavy atom. The molecule has 0 aromatic heterocycles. The molecule has 0 amide bonds. The highest BCUT2D eigenvalue weighted by molar-refractivity contribution is 9.09. The lowest BCUT2D eigenvalue weighted by molar-refractivity contribution is -0.142. The van der Waals surface area contributed by atoms with Crippen LogP contribution in [0.5, 0.6) is 0 Å². The molecule has 0 saturated carbocycles. The van der Waals surface area contributed by atoms with E-state index in [0.29, 0.717) is 13.0 Å². The highest BCUT2D eigenvalue weighted by Crippen LogP contribution is 2.10. The Balaban J connectivity index is 0. The third kappa shape index (κ3) is 36.6. The number of carbonyl (C=O) groups is 1. The number of ether oxygens (including phenoxy) is 1. The summed E-state index contributed by atoms with van der Waals surface area (Å²) in [5.74, 6) is -0.0562. The van der Waals surface area contributed by atoms with E-state index in [1.165, 1.54) is 92.9 Å². The van der Waals surface area contributed by atoms with Crippen molar-refractivity contribution in [1.82, 2.24) is 0 Å². The fourth-order valence-electron chi connectivity index (χ4n) is 3.85. The smallest absolute Gasteiger partial charge is 0.306 e. The molecule has 0 heterocycles. The molecule has 0 bridgehead atoms. The Kier molecular flexibility index (Phi) is 31.8. The first-order valence-corrected chi connectivity index (χ1v) is 16.8. The normalized spacial score (nSPS) is 11.7. The average molecular weight is 608 g/mol. The molecular weight excluding hydrogens is 544 g/mol. The van der Waals surface area contributed by atoms with Crippen molar-refractivity contribution in [3.8, 4) is 0 Å². The zero-order valence-electron chi connectivity index (χ0n) is 26.9. The van der Waals surface area contributed by atoms with Crippen LogP contribution >= 0.6 is 15.9 Å². The molecule has 0 unspecified atom stereocenters. The van der Waals surface area contributed by atoms with Crippen LogP contribution < -0.4 is 0 Å². The number of allylic oxidation sites excluding steroid dienone is 9. The van der Waals surface area contributed by atoms with Crippen molar-refractivity contribution >= 4 is 21.9 Å². The minimum atomic E-state index is -0.0562. The second kappa shape index (κ2) is 31.2. The Bertz CT molecular complexity index is 716. The van der Waals surface area contributed by atoms with Gasteiger partial charge in [0.05, 0.1) is 0 Å². The molecule has 39 heavy (non-hydrogen) atoms. The topological polar surface area (TPSA) is 26.3 Å². The quantitative estimate of drug-likeness (QED) is 0.0530. The molecule has 0 aromatic carbocycles. The Hall–Kier alpha value is -1.35. The fraction of sp³-hybridized carbons (Fsp3) is 0.694. The van der Waals surface area contributed by atoms with Crippen LogP contribution in [0.25, 0.3) is 0 Å². The molecule has 0 fully saturated rings. The number of carbonyl (C=O) groups excluding carboxylic acids is 1. The van der Waals surface area contributed by atoms with Gasteiger partial charge in [-0.05, 0) is 105 Å². The van der Waals surface area contributed by atoms with Gasteiger partial charge in [0.15, 0.2) is 0 Å². The summed E-state index contributed by atoms with van der Waals surface area (Å²) in [5.41, 5.74) is 5.53. The molecule has 3 heteroatoms. The molecule has 0 spiro atoms. The maximum Gasteiger partial charge on any atom is 0.306 e. The fourth-order valence-corrected chi connectivity index (χ4v) is 4.40. The number of halogens is 1. The Morgan fingerprint density at radius 2 is 1.08 bits per heavy atom. The zero-order chi connectivity index (χ0) is 29.6. The first-order valence-electron chi connectivity index (χ1n) is 15.7. The molecule has 0 atom stereocenters.